The average Bonchev–Trinajstić information content (AvgIpc) is 2.38. The molecule has 2 rings (SSSR count). The molecule has 2 aromatic rings. The molecule has 2 heteroatoms. The van der Waals surface area contributed by atoms with Crippen molar-refractivity contribution < 1.29 is 9.13 Å². The van der Waals surface area contributed by atoms with Gasteiger partial charge in [0.15, 0.2) is 0 Å². The Bertz CT molecular complexity index is 579. The van der Waals surface area contributed by atoms with Crippen molar-refractivity contribution in [2.45, 2.75) is 6.92 Å². The van der Waals surface area contributed by atoms with E-state index >= 15 is 0 Å². The van der Waals surface area contributed by atoms with Crippen molar-refractivity contribution >= 4 is 0 Å². The van der Waals surface area contributed by atoms with Gasteiger partial charge in [-0.25, -0.2) is 4.39 Å². The molecular formula is C16H13FO. The van der Waals surface area contributed by atoms with Gasteiger partial charge in [-0.3, -0.25) is 0 Å². The number of ether oxygens (including phenoxy) is 1. The number of benzene rings is 2. The van der Waals surface area contributed by atoms with Crippen molar-refractivity contribution in [2.24, 2.45) is 0 Å². The summed E-state index contributed by atoms with van der Waals surface area (Å²) in [7, 11) is 0. The molecule has 0 spiro atoms. The Morgan fingerprint density at radius 1 is 1.11 bits per heavy atom. The lowest BCUT2D eigenvalue weighted by Crippen LogP contribution is -1.96. The number of halogens is 1. The van der Waals surface area contributed by atoms with Crippen LogP contribution in [0.15, 0.2) is 48.5 Å². The Balaban J connectivity index is 1.95. The van der Waals surface area contributed by atoms with E-state index in [1.807, 2.05) is 37.3 Å². The molecule has 0 saturated heterocycles. The summed E-state index contributed by atoms with van der Waals surface area (Å²) < 4.78 is 18.3. The lowest BCUT2D eigenvalue weighted by Gasteiger charge is -2.05. The van der Waals surface area contributed by atoms with E-state index in [9.17, 15) is 4.39 Å². The van der Waals surface area contributed by atoms with E-state index in [4.69, 9.17) is 4.74 Å². The Kier molecular flexibility index (Phi) is 3.98. The lowest BCUT2D eigenvalue weighted by molar-refractivity contribution is 0.366. The van der Waals surface area contributed by atoms with Gasteiger partial charge in [-0.05, 0) is 42.8 Å². The van der Waals surface area contributed by atoms with Gasteiger partial charge in [0.05, 0.1) is 0 Å². The summed E-state index contributed by atoms with van der Waals surface area (Å²) in [5.74, 6) is 6.33. The molecular weight excluding hydrogens is 227 g/mol. The van der Waals surface area contributed by atoms with Crippen LogP contribution in [0, 0.1) is 24.6 Å². The van der Waals surface area contributed by atoms with Gasteiger partial charge in [-0.2, -0.15) is 0 Å². The Morgan fingerprint density at radius 3 is 2.61 bits per heavy atom. The summed E-state index contributed by atoms with van der Waals surface area (Å²) in [4.78, 5) is 0. The van der Waals surface area contributed by atoms with Crippen molar-refractivity contribution in [1.29, 1.82) is 0 Å². The first-order valence-electron chi connectivity index (χ1n) is 5.68. The standard InChI is InChI=1S/C16H13FO/c1-13-12-15(17)9-10-16(13)18-11-5-8-14-6-3-2-4-7-14/h2-4,6-7,9-10,12H,11H2,1H3. The van der Waals surface area contributed by atoms with Gasteiger partial charge in [-0.1, -0.05) is 30.0 Å². The molecule has 0 radical (unpaired) electrons. The minimum Gasteiger partial charge on any atom is -0.481 e. The Labute approximate surface area is 106 Å². The maximum Gasteiger partial charge on any atom is 0.149 e. The zero-order valence-corrected chi connectivity index (χ0v) is 10.1. The maximum absolute atomic E-state index is 12.9. The van der Waals surface area contributed by atoms with E-state index in [1.165, 1.54) is 12.1 Å². The Hall–Kier alpha value is -2.27. The molecule has 90 valence electrons. The third kappa shape index (κ3) is 3.36. The topological polar surface area (TPSA) is 9.23 Å². The lowest BCUT2D eigenvalue weighted by atomic mass is 10.2. The van der Waals surface area contributed by atoms with Crippen LogP contribution in [0.1, 0.15) is 11.1 Å². The molecule has 0 aromatic heterocycles. The molecule has 0 aliphatic carbocycles. The van der Waals surface area contributed by atoms with E-state index in [-0.39, 0.29) is 5.82 Å². The van der Waals surface area contributed by atoms with Gasteiger partial charge in [0.25, 0.3) is 0 Å². The molecule has 0 N–H and O–H groups in total. The summed E-state index contributed by atoms with van der Waals surface area (Å²) >= 11 is 0. The van der Waals surface area contributed by atoms with Gasteiger partial charge in [0.2, 0.25) is 0 Å². The number of rotatable bonds is 2. The summed E-state index contributed by atoms with van der Waals surface area (Å²) in [5.41, 5.74) is 1.73. The third-order valence-electron chi connectivity index (χ3n) is 2.44. The normalized spacial score (nSPS) is 9.44. The SMILES string of the molecule is Cc1cc(F)ccc1OCC#Cc1ccccc1. The molecule has 0 bridgehead atoms. The molecule has 18 heavy (non-hydrogen) atoms. The summed E-state index contributed by atoms with van der Waals surface area (Å²) in [5, 5.41) is 0. The van der Waals surface area contributed by atoms with Crippen molar-refractivity contribution in [3.63, 3.8) is 0 Å². The van der Waals surface area contributed by atoms with Crippen LogP contribution in [0.25, 0.3) is 0 Å². The molecule has 0 amide bonds. The molecule has 0 atom stereocenters. The van der Waals surface area contributed by atoms with Crippen LogP contribution < -0.4 is 4.74 Å². The minimum atomic E-state index is -0.254. The zero-order chi connectivity index (χ0) is 12.8. The van der Waals surface area contributed by atoms with Gasteiger partial charge < -0.3 is 4.74 Å². The van der Waals surface area contributed by atoms with Crippen LogP contribution in [0.4, 0.5) is 4.39 Å². The number of hydrogen-bond donors (Lipinski definition) is 0. The summed E-state index contributed by atoms with van der Waals surface area (Å²) in [6.07, 6.45) is 0. The largest absolute Gasteiger partial charge is 0.481 e. The molecule has 0 heterocycles. The van der Waals surface area contributed by atoms with Crippen LogP contribution in [0.3, 0.4) is 0 Å². The summed E-state index contributed by atoms with van der Waals surface area (Å²) in [6, 6.07) is 14.2. The van der Waals surface area contributed by atoms with Crippen molar-refractivity contribution in [2.75, 3.05) is 6.61 Å². The van der Waals surface area contributed by atoms with Crippen molar-refractivity contribution in [1.82, 2.24) is 0 Å². The zero-order valence-electron chi connectivity index (χ0n) is 10.1. The van der Waals surface area contributed by atoms with Gasteiger partial charge in [0, 0.05) is 5.56 Å². The molecule has 0 saturated carbocycles. The maximum atomic E-state index is 12.9. The van der Waals surface area contributed by atoms with E-state index in [0.29, 0.717) is 12.4 Å². The van der Waals surface area contributed by atoms with Crippen LogP contribution in [0.2, 0.25) is 0 Å². The third-order valence-corrected chi connectivity index (χ3v) is 2.44. The van der Waals surface area contributed by atoms with Crippen molar-refractivity contribution in [3.05, 3.63) is 65.5 Å². The second-order valence-electron chi connectivity index (χ2n) is 3.87. The van der Waals surface area contributed by atoms with E-state index in [1.54, 1.807) is 6.07 Å². The minimum absolute atomic E-state index is 0.254. The predicted octanol–water partition coefficient (Wildman–Crippen LogP) is 3.56. The van der Waals surface area contributed by atoms with Crippen LogP contribution >= 0.6 is 0 Å². The van der Waals surface area contributed by atoms with Crippen LogP contribution in [-0.2, 0) is 0 Å². The van der Waals surface area contributed by atoms with Gasteiger partial charge in [0.1, 0.15) is 18.2 Å². The number of aryl methyl sites for hydroxylation is 1. The van der Waals surface area contributed by atoms with Crippen LogP contribution in [-0.4, -0.2) is 6.61 Å². The average molecular weight is 240 g/mol. The quantitative estimate of drug-likeness (QED) is 0.729. The fourth-order valence-electron chi connectivity index (χ4n) is 1.55. The fourth-order valence-corrected chi connectivity index (χ4v) is 1.55. The summed E-state index contributed by atoms with van der Waals surface area (Å²) in [6.45, 7) is 2.10. The van der Waals surface area contributed by atoms with E-state index in [0.717, 1.165) is 11.1 Å². The Morgan fingerprint density at radius 2 is 1.89 bits per heavy atom. The first kappa shape index (κ1) is 12.2. The molecule has 0 fully saturated rings. The molecule has 1 nitrogen and oxygen atoms in total. The van der Waals surface area contributed by atoms with E-state index < -0.39 is 0 Å². The highest BCUT2D eigenvalue weighted by molar-refractivity contribution is 5.35. The predicted molar refractivity (Wildman–Crippen MR) is 70.0 cm³/mol. The molecule has 0 aliphatic rings. The van der Waals surface area contributed by atoms with Crippen LogP contribution in [0.5, 0.6) is 5.75 Å². The van der Waals surface area contributed by atoms with E-state index in [2.05, 4.69) is 11.8 Å². The monoisotopic (exact) mass is 240 g/mol. The van der Waals surface area contributed by atoms with Gasteiger partial charge in [-0.15, -0.1) is 0 Å². The molecule has 0 unspecified atom stereocenters. The second kappa shape index (κ2) is 5.88. The first-order valence-corrected chi connectivity index (χ1v) is 5.68. The van der Waals surface area contributed by atoms with Gasteiger partial charge >= 0.3 is 0 Å². The highest BCUT2D eigenvalue weighted by Gasteiger charge is 1.99. The van der Waals surface area contributed by atoms with Crippen molar-refractivity contribution in [3.8, 4) is 17.6 Å². The molecule has 0 aliphatic heterocycles. The smallest absolute Gasteiger partial charge is 0.149 e. The highest BCUT2D eigenvalue weighted by Crippen LogP contribution is 2.17. The molecule has 2 aromatic carbocycles. The number of hydrogen-bond acceptors (Lipinski definition) is 1. The second-order valence-corrected chi connectivity index (χ2v) is 3.87. The first-order chi connectivity index (χ1) is 8.75. The fraction of sp³-hybridized carbons (Fsp3) is 0.125. The highest BCUT2D eigenvalue weighted by atomic mass is 19.1.